The minimum absolute atomic E-state index is 0.0621. The molecule has 0 spiro atoms. The molecular formula is C69H134O6. The lowest BCUT2D eigenvalue weighted by Gasteiger charge is -2.18. The lowest BCUT2D eigenvalue weighted by Crippen LogP contribution is -2.30. The van der Waals surface area contributed by atoms with Gasteiger partial charge in [-0.2, -0.15) is 0 Å². The zero-order valence-electron chi connectivity index (χ0n) is 51.9. The second-order valence-electron chi connectivity index (χ2n) is 24.8. The third-order valence-electron chi connectivity index (χ3n) is 16.6. The number of esters is 3. The minimum atomic E-state index is -0.765. The molecule has 0 heterocycles. The average molecular weight is 1060 g/mol. The Balaban J connectivity index is 4.27. The first-order valence-electron chi connectivity index (χ1n) is 34.2. The van der Waals surface area contributed by atoms with Gasteiger partial charge >= 0.3 is 17.9 Å². The van der Waals surface area contributed by atoms with Gasteiger partial charge in [0.2, 0.25) is 0 Å². The monoisotopic (exact) mass is 1060 g/mol. The van der Waals surface area contributed by atoms with Gasteiger partial charge in [0.1, 0.15) is 13.2 Å². The molecular weight excluding hydrogens is 925 g/mol. The van der Waals surface area contributed by atoms with Gasteiger partial charge in [0.25, 0.3) is 0 Å². The highest BCUT2D eigenvalue weighted by molar-refractivity contribution is 5.71. The van der Waals surface area contributed by atoms with Crippen molar-refractivity contribution >= 4 is 17.9 Å². The highest BCUT2D eigenvalue weighted by Crippen LogP contribution is 2.20. The molecule has 2 unspecified atom stereocenters. The average Bonchev–Trinajstić information content (AvgIpc) is 3.40. The van der Waals surface area contributed by atoms with Crippen molar-refractivity contribution in [1.29, 1.82) is 0 Å². The van der Waals surface area contributed by atoms with Gasteiger partial charge in [-0.05, 0) is 37.0 Å². The van der Waals surface area contributed by atoms with Crippen molar-refractivity contribution in [3.05, 3.63) is 0 Å². The van der Waals surface area contributed by atoms with E-state index in [-0.39, 0.29) is 31.1 Å². The summed E-state index contributed by atoms with van der Waals surface area (Å²) in [5.41, 5.74) is 0. The topological polar surface area (TPSA) is 78.9 Å². The summed E-state index contributed by atoms with van der Waals surface area (Å²) in [5, 5.41) is 0. The smallest absolute Gasteiger partial charge is 0.306 e. The molecule has 75 heavy (non-hydrogen) atoms. The Hall–Kier alpha value is -1.59. The second kappa shape index (κ2) is 60.1. The Kier molecular flexibility index (Phi) is 58.8. The number of hydrogen-bond donors (Lipinski definition) is 0. The standard InChI is InChI=1S/C69H134O6/c1-7-64(5)56-50-44-38-32-26-20-13-11-9-10-12-14-22-28-34-40-46-52-58-67(70)73-61-66(75-69(72)60-54-48-42-36-30-24-17-15-19-25-31-37-43-49-55-63(3)4)62-74-68(71)59-53-47-41-35-29-23-18-16-21-27-33-39-45-51-57-65(6)8-2/h63-66H,7-62H2,1-6H3/t64?,65?,66-/m1/s1. The molecule has 0 saturated carbocycles. The molecule has 3 atom stereocenters. The molecule has 0 amide bonds. The zero-order valence-corrected chi connectivity index (χ0v) is 51.9. The van der Waals surface area contributed by atoms with Crippen LogP contribution in [0.3, 0.4) is 0 Å². The first-order chi connectivity index (χ1) is 36.7. The third kappa shape index (κ3) is 59.9. The number of hydrogen-bond acceptors (Lipinski definition) is 6. The Morgan fingerprint density at radius 1 is 0.267 bits per heavy atom. The van der Waals surface area contributed by atoms with Gasteiger partial charge in [0.15, 0.2) is 6.10 Å². The number of carbonyl (C=O) groups is 3. The van der Waals surface area contributed by atoms with E-state index in [1.165, 1.54) is 270 Å². The maximum Gasteiger partial charge on any atom is 0.306 e. The fourth-order valence-corrected chi connectivity index (χ4v) is 10.7. The molecule has 0 rings (SSSR count). The number of carbonyl (C=O) groups excluding carboxylic acids is 3. The van der Waals surface area contributed by atoms with Crippen LogP contribution in [-0.2, 0) is 28.6 Å². The molecule has 0 aliphatic carbocycles. The quantitative estimate of drug-likeness (QED) is 0.0343. The number of rotatable bonds is 62. The molecule has 446 valence electrons. The molecule has 0 radical (unpaired) electrons. The Bertz CT molecular complexity index is 1170. The first-order valence-corrected chi connectivity index (χ1v) is 34.2. The Labute approximate surface area is 469 Å². The summed E-state index contributed by atoms with van der Waals surface area (Å²) in [4.78, 5) is 38.4. The predicted molar refractivity (Wildman–Crippen MR) is 326 cm³/mol. The van der Waals surface area contributed by atoms with Crippen LogP contribution in [0.15, 0.2) is 0 Å². The Morgan fingerprint density at radius 2 is 0.467 bits per heavy atom. The van der Waals surface area contributed by atoms with Crippen molar-refractivity contribution in [2.45, 2.75) is 394 Å². The molecule has 0 saturated heterocycles. The minimum Gasteiger partial charge on any atom is -0.462 e. The van der Waals surface area contributed by atoms with Crippen LogP contribution in [0.2, 0.25) is 0 Å². The summed E-state index contributed by atoms with van der Waals surface area (Å²) in [5.74, 6) is 1.82. The fraction of sp³-hybridized carbons (Fsp3) is 0.957. The molecule has 0 bridgehead atoms. The third-order valence-corrected chi connectivity index (χ3v) is 16.6. The van der Waals surface area contributed by atoms with Gasteiger partial charge in [-0.25, -0.2) is 0 Å². The fourth-order valence-electron chi connectivity index (χ4n) is 10.7. The highest BCUT2D eigenvalue weighted by Gasteiger charge is 2.20. The van der Waals surface area contributed by atoms with Crippen LogP contribution in [0.5, 0.6) is 0 Å². The SMILES string of the molecule is CCC(C)CCCCCCCCCCCCCCCCCCCCC(=O)OC[C@H](COC(=O)CCCCCCCCCCCCCCCCC(C)CC)OC(=O)CCCCCCCCCCCCCCCCC(C)C. The molecule has 0 fully saturated rings. The van der Waals surface area contributed by atoms with Crippen LogP contribution in [0.25, 0.3) is 0 Å². The lowest BCUT2D eigenvalue weighted by atomic mass is 9.99. The molecule has 0 aromatic carbocycles. The van der Waals surface area contributed by atoms with Crippen molar-refractivity contribution in [3.8, 4) is 0 Å². The molecule has 0 aromatic heterocycles. The van der Waals surface area contributed by atoms with Gasteiger partial charge in [0.05, 0.1) is 0 Å². The van der Waals surface area contributed by atoms with Gasteiger partial charge < -0.3 is 14.2 Å². The molecule has 6 heteroatoms. The van der Waals surface area contributed by atoms with Crippen molar-refractivity contribution in [2.24, 2.45) is 17.8 Å². The summed E-state index contributed by atoms with van der Waals surface area (Å²) < 4.78 is 17.0. The number of unbranched alkanes of at least 4 members (excludes halogenated alkanes) is 43. The molecule has 0 aliphatic heterocycles. The summed E-state index contributed by atoms with van der Waals surface area (Å²) in [6.07, 6.45) is 66.7. The van der Waals surface area contributed by atoms with E-state index >= 15 is 0 Å². The van der Waals surface area contributed by atoms with E-state index in [9.17, 15) is 14.4 Å². The molecule has 0 aromatic rings. The van der Waals surface area contributed by atoms with Gasteiger partial charge in [-0.3, -0.25) is 14.4 Å². The van der Waals surface area contributed by atoms with Crippen molar-refractivity contribution < 1.29 is 28.6 Å². The summed E-state index contributed by atoms with van der Waals surface area (Å²) in [7, 11) is 0. The van der Waals surface area contributed by atoms with Gasteiger partial charge in [-0.15, -0.1) is 0 Å². The first kappa shape index (κ1) is 73.4. The van der Waals surface area contributed by atoms with Gasteiger partial charge in [0, 0.05) is 19.3 Å². The van der Waals surface area contributed by atoms with Crippen LogP contribution in [0.1, 0.15) is 388 Å². The summed E-state index contributed by atoms with van der Waals surface area (Å²) in [6.45, 7) is 13.9. The Morgan fingerprint density at radius 3 is 0.693 bits per heavy atom. The van der Waals surface area contributed by atoms with Gasteiger partial charge in [-0.1, -0.05) is 350 Å². The van der Waals surface area contributed by atoms with E-state index in [2.05, 4.69) is 41.5 Å². The maximum atomic E-state index is 12.9. The molecule has 0 N–H and O–H groups in total. The normalized spacial score (nSPS) is 12.8. The van der Waals surface area contributed by atoms with Crippen molar-refractivity contribution in [3.63, 3.8) is 0 Å². The largest absolute Gasteiger partial charge is 0.462 e. The molecule has 0 aliphatic rings. The molecule has 6 nitrogen and oxygen atoms in total. The van der Waals surface area contributed by atoms with Crippen molar-refractivity contribution in [1.82, 2.24) is 0 Å². The van der Waals surface area contributed by atoms with E-state index in [1.807, 2.05) is 0 Å². The van der Waals surface area contributed by atoms with Crippen LogP contribution in [0.4, 0.5) is 0 Å². The second-order valence-corrected chi connectivity index (χ2v) is 24.8. The van der Waals surface area contributed by atoms with E-state index in [4.69, 9.17) is 14.2 Å². The van der Waals surface area contributed by atoms with E-state index in [0.717, 1.165) is 75.5 Å². The van der Waals surface area contributed by atoms with E-state index < -0.39 is 6.10 Å². The summed E-state index contributed by atoms with van der Waals surface area (Å²) in [6, 6.07) is 0. The van der Waals surface area contributed by atoms with E-state index in [1.54, 1.807) is 0 Å². The number of ether oxygens (including phenoxy) is 3. The zero-order chi connectivity index (χ0) is 54.8. The lowest BCUT2D eigenvalue weighted by molar-refractivity contribution is -0.167. The van der Waals surface area contributed by atoms with Crippen molar-refractivity contribution in [2.75, 3.05) is 13.2 Å². The van der Waals surface area contributed by atoms with Crippen LogP contribution < -0.4 is 0 Å². The van der Waals surface area contributed by atoms with Crippen LogP contribution in [0, 0.1) is 17.8 Å². The maximum absolute atomic E-state index is 12.9. The predicted octanol–water partition coefficient (Wildman–Crippen LogP) is 23.0. The van der Waals surface area contributed by atoms with Crippen LogP contribution in [-0.4, -0.2) is 37.2 Å². The summed E-state index contributed by atoms with van der Waals surface area (Å²) >= 11 is 0. The highest BCUT2D eigenvalue weighted by atomic mass is 16.6. The van der Waals surface area contributed by atoms with Crippen LogP contribution >= 0.6 is 0 Å². The van der Waals surface area contributed by atoms with E-state index in [0.29, 0.717) is 19.3 Å².